The van der Waals surface area contributed by atoms with Crippen LogP contribution < -0.4 is 4.74 Å². The van der Waals surface area contributed by atoms with Crippen LogP contribution in [-0.4, -0.2) is 17.7 Å². The highest BCUT2D eigenvalue weighted by Gasteiger charge is 2.17. The Morgan fingerprint density at radius 2 is 2.12 bits per heavy atom. The summed E-state index contributed by atoms with van der Waals surface area (Å²) in [4.78, 5) is 12.4. The van der Waals surface area contributed by atoms with Crippen LogP contribution in [0.3, 0.4) is 0 Å². The highest BCUT2D eigenvalue weighted by Crippen LogP contribution is 2.30. The molecule has 0 saturated carbocycles. The van der Waals surface area contributed by atoms with Crippen molar-refractivity contribution in [3.05, 3.63) is 15.8 Å². The summed E-state index contributed by atoms with van der Waals surface area (Å²) in [6.45, 7) is 8.98. The quantitative estimate of drug-likeness (QED) is 0.871. The third-order valence-corrected chi connectivity index (χ3v) is 3.65. The lowest BCUT2D eigenvalue weighted by Crippen LogP contribution is -2.11. The SMILES string of the molecule is CCc1cc(OCCC(C)(C)C)c(C(=O)O)s1. The molecule has 0 aliphatic carbocycles. The van der Waals surface area contributed by atoms with Crippen LogP contribution in [0.15, 0.2) is 6.07 Å². The molecule has 3 nitrogen and oxygen atoms in total. The summed E-state index contributed by atoms with van der Waals surface area (Å²) in [6, 6.07) is 1.84. The van der Waals surface area contributed by atoms with Gasteiger partial charge in [-0.2, -0.15) is 0 Å². The number of carbonyl (C=O) groups is 1. The Morgan fingerprint density at radius 1 is 1.47 bits per heavy atom. The maximum Gasteiger partial charge on any atom is 0.349 e. The van der Waals surface area contributed by atoms with E-state index in [9.17, 15) is 4.79 Å². The number of hydrogen-bond acceptors (Lipinski definition) is 3. The van der Waals surface area contributed by atoms with Gasteiger partial charge in [-0.1, -0.05) is 27.7 Å². The Balaban J connectivity index is 2.69. The molecule has 0 unspecified atom stereocenters. The highest BCUT2D eigenvalue weighted by molar-refractivity contribution is 7.14. The first-order valence-corrected chi connectivity index (χ1v) is 6.64. The van der Waals surface area contributed by atoms with Crippen molar-refractivity contribution in [1.29, 1.82) is 0 Å². The maximum atomic E-state index is 11.0. The molecule has 0 atom stereocenters. The fourth-order valence-electron chi connectivity index (χ4n) is 1.32. The van der Waals surface area contributed by atoms with Gasteiger partial charge in [-0.3, -0.25) is 0 Å². The number of carboxylic acids is 1. The minimum Gasteiger partial charge on any atom is -0.492 e. The molecule has 1 aromatic heterocycles. The molecule has 0 radical (unpaired) electrons. The van der Waals surface area contributed by atoms with Gasteiger partial charge < -0.3 is 9.84 Å². The normalized spacial score (nSPS) is 11.5. The molecule has 0 amide bonds. The minimum absolute atomic E-state index is 0.201. The Bertz CT molecular complexity index is 388. The number of thiophene rings is 1. The molecule has 1 N–H and O–H groups in total. The lowest BCUT2D eigenvalue weighted by atomic mass is 9.93. The number of aryl methyl sites for hydroxylation is 1. The predicted octanol–water partition coefficient (Wildman–Crippen LogP) is 3.82. The van der Waals surface area contributed by atoms with E-state index in [1.165, 1.54) is 11.3 Å². The topological polar surface area (TPSA) is 46.5 Å². The molecule has 1 heterocycles. The van der Waals surface area contributed by atoms with Gasteiger partial charge >= 0.3 is 5.97 Å². The standard InChI is InChI=1S/C13H20O3S/c1-5-9-8-10(11(17-9)12(14)15)16-7-6-13(2,3)4/h8H,5-7H2,1-4H3,(H,14,15). The van der Waals surface area contributed by atoms with Gasteiger partial charge in [-0.05, 0) is 24.3 Å². The van der Waals surface area contributed by atoms with E-state index >= 15 is 0 Å². The van der Waals surface area contributed by atoms with Crippen molar-refractivity contribution in [2.24, 2.45) is 5.41 Å². The van der Waals surface area contributed by atoms with Gasteiger partial charge in [0.1, 0.15) is 5.75 Å². The van der Waals surface area contributed by atoms with E-state index in [4.69, 9.17) is 9.84 Å². The molecule has 0 aliphatic rings. The molecule has 0 aliphatic heterocycles. The molecule has 0 bridgehead atoms. The van der Waals surface area contributed by atoms with Gasteiger partial charge in [0.2, 0.25) is 0 Å². The molecular weight excluding hydrogens is 236 g/mol. The summed E-state index contributed by atoms with van der Waals surface area (Å²) in [5, 5.41) is 9.06. The summed E-state index contributed by atoms with van der Waals surface area (Å²) in [5.41, 5.74) is 0.201. The van der Waals surface area contributed by atoms with Gasteiger partial charge in [0.15, 0.2) is 4.88 Å². The largest absolute Gasteiger partial charge is 0.492 e. The lowest BCUT2D eigenvalue weighted by Gasteiger charge is -2.17. The Labute approximate surface area is 106 Å². The van der Waals surface area contributed by atoms with Crippen LogP contribution in [-0.2, 0) is 6.42 Å². The highest BCUT2D eigenvalue weighted by atomic mass is 32.1. The van der Waals surface area contributed by atoms with Crippen molar-refractivity contribution in [1.82, 2.24) is 0 Å². The molecule has 0 aromatic carbocycles. The van der Waals surface area contributed by atoms with E-state index in [2.05, 4.69) is 20.8 Å². The van der Waals surface area contributed by atoms with Crippen molar-refractivity contribution in [3.8, 4) is 5.75 Å². The van der Waals surface area contributed by atoms with E-state index in [-0.39, 0.29) is 5.41 Å². The van der Waals surface area contributed by atoms with Gasteiger partial charge in [0.05, 0.1) is 6.61 Å². The van der Waals surface area contributed by atoms with E-state index in [0.717, 1.165) is 17.7 Å². The second kappa shape index (κ2) is 5.54. The van der Waals surface area contributed by atoms with E-state index < -0.39 is 5.97 Å². The van der Waals surface area contributed by atoms with Crippen LogP contribution in [0.25, 0.3) is 0 Å². The molecule has 0 saturated heterocycles. The van der Waals surface area contributed by atoms with Crippen LogP contribution in [0, 0.1) is 5.41 Å². The van der Waals surface area contributed by atoms with E-state index in [1.54, 1.807) is 0 Å². The molecule has 0 spiro atoms. The second-order valence-corrected chi connectivity index (χ2v) is 6.36. The molecule has 4 heteroatoms. The Kier molecular flexibility index (Phi) is 4.57. The predicted molar refractivity (Wildman–Crippen MR) is 70.2 cm³/mol. The first-order chi connectivity index (χ1) is 7.83. The summed E-state index contributed by atoms with van der Waals surface area (Å²) < 4.78 is 5.59. The lowest BCUT2D eigenvalue weighted by molar-refractivity contribution is 0.0697. The molecule has 1 rings (SSSR count). The van der Waals surface area contributed by atoms with Crippen LogP contribution in [0.1, 0.15) is 48.7 Å². The van der Waals surface area contributed by atoms with Gasteiger partial charge in [-0.15, -0.1) is 11.3 Å². The third-order valence-electron chi connectivity index (χ3n) is 2.40. The van der Waals surface area contributed by atoms with Crippen molar-refractivity contribution < 1.29 is 14.6 Å². The number of rotatable bonds is 5. The second-order valence-electron chi connectivity index (χ2n) is 5.22. The van der Waals surface area contributed by atoms with Crippen LogP contribution in [0.2, 0.25) is 0 Å². The fourth-order valence-corrected chi connectivity index (χ4v) is 2.20. The number of hydrogen-bond donors (Lipinski definition) is 1. The zero-order valence-electron chi connectivity index (χ0n) is 10.9. The third kappa shape index (κ3) is 4.38. The van der Waals surface area contributed by atoms with E-state index in [0.29, 0.717) is 17.2 Å². The van der Waals surface area contributed by atoms with E-state index in [1.807, 2.05) is 13.0 Å². The smallest absolute Gasteiger partial charge is 0.349 e. The monoisotopic (exact) mass is 256 g/mol. The van der Waals surface area contributed by atoms with Crippen LogP contribution >= 0.6 is 11.3 Å². The summed E-state index contributed by atoms with van der Waals surface area (Å²) in [7, 11) is 0. The first-order valence-electron chi connectivity index (χ1n) is 5.82. The average Bonchev–Trinajstić information content (AvgIpc) is 2.59. The number of aromatic carboxylic acids is 1. The summed E-state index contributed by atoms with van der Waals surface area (Å²) >= 11 is 1.30. The zero-order chi connectivity index (χ0) is 13.1. The zero-order valence-corrected chi connectivity index (χ0v) is 11.7. The maximum absolute atomic E-state index is 11.0. The summed E-state index contributed by atoms with van der Waals surface area (Å²) in [5.74, 6) is -0.385. The van der Waals surface area contributed by atoms with Crippen molar-refractivity contribution >= 4 is 17.3 Å². The Hall–Kier alpha value is -1.03. The van der Waals surface area contributed by atoms with Crippen LogP contribution in [0.4, 0.5) is 0 Å². The Morgan fingerprint density at radius 3 is 2.59 bits per heavy atom. The fraction of sp³-hybridized carbons (Fsp3) is 0.615. The molecule has 96 valence electrons. The molecule has 0 fully saturated rings. The van der Waals surface area contributed by atoms with Gasteiger partial charge in [-0.25, -0.2) is 4.79 Å². The number of carboxylic acid groups (broad SMARTS) is 1. The van der Waals surface area contributed by atoms with Gasteiger partial charge in [0, 0.05) is 4.88 Å². The molecular formula is C13H20O3S. The average molecular weight is 256 g/mol. The van der Waals surface area contributed by atoms with Crippen molar-refractivity contribution in [2.75, 3.05) is 6.61 Å². The van der Waals surface area contributed by atoms with Gasteiger partial charge in [0.25, 0.3) is 0 Å². The molecule has 1 aromatic rings. The summed E-state index contributed by atoms with van der Waals surface area (Å²) in [6.07, 6.45) is 1.75. The molecule has 17 heavy (non-hydrogen) atoms. The first kappa shape index (κ1) is 14.0. The van der Waals surface area contributed by atoms with Crippen LogP contribution in [0.5, 0.6) is 5.75 Å². The van der Waals surface area contributed by atoms with Crippen molar-refractivity contribution in [3.63, 3.8) is 0 Å². The van der Waals surface area contributed by atoms with Crippen molar-refractivity contribution in [2.45, 2.75) is 40.5 Å². The minimum atomic E-state index is -0.902. The number of ether oxygens (including phenoxy) is 1.